The van der Waals surface area contributed by atoms with Gasteiger partial charge in [0.05, 0.1) is 11.1 Å². The summed E-state index contributed by atoms with van der Waals surface area (Å²) in [6.07, 6.45) is 0.659. The lowest BCUT2D eigenvalue weighted by Crippen LogP contribution is -2.50. The molecule has 2 heterocycles. The first-order valence-electron chi connectivity index (χ1n) is 14.0. The maximum Gasteiger partial charge on any atom is 0.194 e. The highest BCUT2D eigenvalue weighted by Crippen LogP contribution is 2.77. The van der Waals surface area contributed by atoms with Gasteiger partial charge in [0, 0.05) is 23.0 Å². The van der Waals surface area contributed by atoms with Gasteiger partial charge in [-0.05, 0) is 47.2 Å². The van der Waals surface area contributed by atoms with E-state index < -0.39 is 11.2 Å². The van der Waals surface area contributed by atoms with Gasteiger partial charge >= 0.3 is 0 Å². The van der Waals surface area contributed by atoms with E-state index in [1.807, 2.05) is 36.4 Å². The van der Waals surface area contributed by atoms with Gasteiger partial charge in [-0.15, -0.1) is 0 Å². The minimum absolute atomic E-state index is 0.0221. The number of benzene rings is 4. The summed E-state index contributed by atoms with van der Waals surface area (Å²) in [5.41, 5.74) is 5.90. The quantitative estimate of drug-likeness (QED) is 0.231. The highest BCUT2D eigenvalue weighted by molar-refractivity contribution is 6.29. The van der Waals surface area contributed by atoms with Crippen LogP contribution in [-0.2, 0) is 15.9 Å². The van der Waals surface area contributed by atoms with Gasteiger partial charge in [0.1, 0.15) is 22.7 Å². The Morgan fingerprint density at radius 2 is 0.951 bits per heavy atom. The zero-order valence-electron chi connectivity index (χ0n) is 21.9. The third-order valence-corrected chi connectivity index (χ3v) is 10.1. The average Bonchev–Trinajstić information content (AvgIpc) is 3.46. The fourth-order valence-electron chi connectivity index (χ4n) is 8.60. The Balaban J connectivity index is 1.27. The molecule has 41 heavy (non-hydrogen) atoms. The first-order chi connectivity index (χ1) is 20.0. The minimum Gasteiger partial charge on any atom is -0.507 e. The first-order valence-corrected chi connectivity index (χ1v) is 14.0. The maximum absolute atomic E-state index is 13.8. The van der Waals surface area contributed by atoms with Crippen LogP contribution in [0.5, 0.6) is 11.5 Å². The summed E-state index contributed by atoms with van der Waals surface area (Å²) >= 11 is 0. The molecular weight excluding hydrogens is 512 g/mol. The van der Waals surface area contributed by atoms with E-state index in [1.54, 1.807) is 0 Å². The van der Waals surface area contributed by atoms with Crippen molar-refractivity contribution in [1.82, 2.24) is 0 Å². The Bertz CT molecular complexity index is 1800. The van der Waals surface area contributed by atoms with Gasteiger partial charge < -0.3 is 14.9 Å². The van der Waals surface area contributed by atoms with Crippen molar-refractivity contribution in [3.63, 3.8) is 0 Å². The second kappa shape index (κ2) is 7.50. The molecule has 0 spiro atoms. The predicted molar refractivity (Wildman–Crippen MR) is 151 cm³/mol. The molecule has 4 aromatic carbocycles. The molecule has 1 fully saturated rings. The molecule has 0 amide bonds. The number of Topliss-reactive ketones (excluding diaryl/α,β-unsaturated/α-hetero) is 2. The molecular formula is C36H24O5. The molecule has 198 valence electrons. The predicted octanol–water partition coefficient (Wildman–Crippen LogP) is 6.34. The second-order valence-electron chi connectivity index (χ2n) is 11.7. The van der Waals surface area contributed by atoms with E-state index in [0.717, 1.165) is 33.4 Å². The van der Waals surface area contributed by atoms with E-state index in [-0.39, 0.29) is 46.0 Å². The van der Waals surface area contributed by atoms with Crippen molar-refractivity contribution in [2.24, 2.45) is 11.8 Å². The van der Waals surface area contributed by atoms with Crippen molar-refractivity contribution in [1.29, 1.82) is 0 Å². The summed E-state index contributed by atoms with van der Waals surface area (Å²) in [5.74, 6) is -1.37. The SMILES string of the molecule is O=C1C2=C(CC3=C(C2)[C@@H]2[C@H]3[C@]3(c4ccccc4)O[C@@]2(c2ccccc2)c2ccccc23)C(=O)c2c(O)ccc(O)c21. The number of ether oxygens (including phenoxy) is 1. The number of hydrogen-bond acceptors (Lipinski definition) is 5. The van der Waals surface area contributed by atoms with E-state index in [2.05, 4.69) is 48.5 Å². The van der Waals surface area contributed by atoms with Crippen LogP contribution in [0.25, 0.3) is 0 Å². The molecule has 3 aliphatic carbocycles. The molecule has 2 aliphatic heterocycles. The number of carbonyl (C=O) groups is 2. The maximum atomic E-state index is 13.8. The monoisotopic (exact) mass is 536 g/mol. The highest BCUT2D eigenvalue weighted by Gasteiger charge is 2.76. The van der Waals surface area contributed by atoms with Crippen LogP contribution in [0.3, 0.4) is 0 Å². The van der Waals surface area contributed by atoms with Gasteiger partial charge in [-0.3, -0.25) is 9.59 Å². The summed E-state index contributed by atoms with van der Waals surface area (Å²) in [7, 11) is 0. The van der Waals surface area contributed by atoms with E-state index in [0.29, 0.717) is 24.0 Å². The van der Waals surface area contributed by atoms with E-state index in [1.165, 1.54) is 12.1 Å². The number of hydrogen-bond donors (Lipinski definition) is 2. The number of aromatic hydroxyl groups is 2. The molecule has 2 N–H and O–H groups in total. The van der Waals surface area contributed by atoms with Crippen molar-refractivity contribution in [2.45, 2.75) is 24.0 Å². The molecule has 4 atom stereocenters. The van der Waals surface area contributed by atoms with E-state index in [9.17, 15) is 19.8 Å². The molecule has 5 nitrogen and oxygen atoms in total. The Morgan fingerprint density at radius 3 is 1.37 bits per heavy atom. The molecule has 9 rings (SSSR count). The number of phenols is 2. The number of phenolic OH excluding ortho intramolecular Hbond substituents is 2. The largest absolute Gasteiger partial charge is 0.507 e. The van der Waals surface area contributed by atoms with Crippen LogP contribution in [0.2, 0.25) is 0 Å². The van der Waals surface area contributed by atoms with Gasteiger partial charge in [0.15, 0.2) is 11.6 Å². The van der Waals surface area contributed by atoms with Crippen molar-refractivity contribution in [3.8, 4) is 11.5 Å². The third kappa shape index (κ3) is 2.49. The Morgan fingerprint density at radius 1 is 0.561 bits per heavy atom. The standard InChI is InChI=1S/C36H24O5/c37-27-15-16-28(38)30-29(27)33(39)23-17-21-22(18-24(23)34(30)40)32-31(21)35(19-9-3-1-4-10-19)25-13-7-8-14-26(25)36(32,41-35)20-11-5-2-6-12-20/h1-16,31-32,37-38H,17-18H2/t31-,32+,35+,36-. The zero-order chi connectivity index (χ0) is 27.7. The summed E-state index contributed by atoms with van der Waals surface area (Å²) < 4.78 is 7.47. The highest BCUT2D eigenvalue weighted by atomic mass is 16.5. The van der Waals surface area contributed by atoms with Crippen molar-refractivity contribution < 1.29 is 24.5 Å². The fraction of sp³-hybridized carbons (Fsp3) is 0.167. The van der Waals surface area contributed by atoms with Crippen LogP contribution in [0.4, 0.5) is 0 Å². The molecule has 0 unspecified atom stereocenters. The fourth-order valence-corrected chi connectivity index (χ4v) is 8.60. The van der Waals surface area contributed by atoms with Crippen molar-refractivity contribution in [2.75, 3.05) is 0 Å². The van der Waals surface area contributed by atoms with Gasteiger partial charge in [0.2, 0.25) is 0 Å². The second-order valence-corrected chi connectivity index (χ2v) is 11.7. The summed E-state index contributed by atoms with van der Waals surface area (Å²) in [6.45, 7) is 0. The van der Waals surface area contributed by atoms with Crippen LogP contribution in [0.15, 0.2) is 119 Å². The van der Waals surface area contributed by atoms with Crippen LogP contribution in [-0.4, -0.2) is 21.8 Å². The minimum atomic E-state index is -0.741. The number of ketones is 2. The van der Waals surface area contributed by atoms with Gasteiger partial charge in [-0.2, -0.15) is 0 Å². The molecule has 2 bridgehead atoms. The van der Waals surface area contributed by atoms with Crippen LogP contribution in [0, 0.1) is 11.8 Å². The molecule has 5 heteroatoms. The first kappa shape index (κ1) is 23.0. The Kier molecular flexibility index (Phi) is 4.21. The van der Waals surface area contributed by atoms with Crippen LogP contribution >= 0.6 is 0 Å². The van der Waals surface area contributed by atoms with Gasteiger partial charge in [-0.1, -0.05) is 96.1 Å². The smallest absolute Gasteiger partial charge is 0.194 e. The summed E-state index contributed by atoms with van der Waals surface area (Å²) in [6, 6.07) is 31.7. The Labute approximate surface area is 236 Å². The van der Waals surface area contributed by atoms with Crippen molar-refractivity contribution >= 4 is 11.6 Å². The van der Waals surface area contributed by atoms with Crippen LogP contribution < -0.4 is 0 Å². The van der Waals surface area contributed by atoms with Crippen LogP contribution in [0.1, 0.15) is 55.8 Å². The van der Waals surface area contributed by atoms with E-state index >= 15 is 0 Å². The molecule has 5 aliphatic rings. The molecule has 1 saturated heterocycles. The zero-order valence-corrected chi connectivity index (χ0v) is 21.9. The third-order valence-electron chi connectivity index (χ3n) is 10.1. The lowest BCUT2D eigenvalue weighted by Gasteiger charge is -2.53. The number of fused-ring (bicyclic) bond motifs is 11. The molecule has 0 aromatic heterocycles. The lowest BCUT2D eigenvalue weighted by atomic mass is 9.47. The number of rotatable bonds is 2. The topological polar surface area (TPSA) is 83.8 Å². The molecule has 0 radical (unpaired) electrons. The lowest BCUT2D eigenvalue weighted by molar-refractivity contribution is -0.0506. The summed E-state index contributed by atoms with van der Waals surface area (Å²) in [4.78, 5) is 27.6. The van der Waals surface area contributed by atoms with Gasteiger partial charge in [-0.25, -0.2) is 0 Å². The Hall–Kier alpha value is -4.74. The molecule has 4 aromatic rings. The number of allylic oxidation sites excluding steroid dienone is 2. The normalized spacial score (nSPS) is 28.5. The van der Waals surface area contributed by atoms with E-state index in [4.69, 9.17) is 4.74 Å². The number of carbonyl (C=O) groups excluding carboxylic acids is 2. The van der Waals surface area contributed by atoms with Crippen molar-refractivity contribution in [3.05, 3.63) is 153 Å². The van der Waals surface area contributed by atoms with Gasteiger partial charge in [0.25, 0.3) is 0 Å². The summed E-state index contributed by atoms with van der Waals surface area (Å²) in [5, 5.41) is 21.1. The molecule has 0 saturated carbocycles. The average molecular weight is 537 g/mol.